The van der Waals surface area contributed by atoms with Gasteiger partial charge >= 0.3 is 0 Å². The van der Waals surface area contributed by atoms with Crippen LogP contribution in [0.1, 0.15) is 24.8 Å². The summed E-state index contributed by atoms with van der Waals surface area (Å²) in [5, 5.41) is 18.9. The third-order valence-corrected chi connectivity index (χ3v) is 3.82. The largest absolute Gasteiger partial charge is 0.497 e. The number of benzene rings is 1. The van der Waals surface area contributed by atoms with Crippen LogP contribution in [0.15, 0.2) is 35.4 Å². The number of rotatable bonds is 3. The molecule has 20 heavy (non-hydrogen) atoms. The van der Waals surface area contributed by atoms with Gasteiger partial charge < -0.3 is 4.74 Å². The van der Waals surface area contributed by atoms with Gasteiger partial charge in [0.15, 0.2) is 5.41 Å². The highest BCUT2D eigenvalue weighted by Gasteiger charge is 2.48. The second-order valence-corrected chi connectivity index (χ2v) is 4.93. The third kappa shape index (κ3) is 1.96. The number of hydrogen-bond acceptors (Lipinski definition) is 4. The molecule has 0 aromatic heterocycles. The first-order chi connectivity index (χ1) is 9.61. The minimum Gasteiger partial charge on any atom is -0.497 e. The van der Waals surface area contributed by atoms with Gasteiger partial charge in [-0.1, -0.05) is 17.7 Å². The van der Waals surface area contributed by atoms with Crippen LogP contribution in [0.3, 0.4) is 0 Å². The van der Waals surface area contributed by atoms with Gasteiger partial charge in [-0.3, -0.25) is 4.79 Å². The van der Waals surface area contributed by atoms with Crippen molar-refractivity contribution in [3.05, 3.63) is 41.0 Å². The number of carbonyl (C=O) groups is 1. The van der Waals surface area contributed by atoms with Crippen LogP contribution in [0.2, 0.25) is 0 Å². The lowest BCUT2D eigenvalue weighted by Gasteiger charge is -2.23. The number of hydrogen-bond donors (Lipinski definition) is 0. The average Bonchev–Trinajstić information content (AvgIpc) is 2.79. The zero-order valence-corrected chi connectivity index (χ0v) is 11.4. The van der Waals surface area contributed by atoms with Gasteiger partial charge in [0.25, 0.3) is 0 Å². The fraction of sp³-hybridized carbons (Fsp3) is 0.312. The molecule has 100 valence electrons. The van der Waals surface area contributed by atoms with E-state index < -0.39 is 11.3 Å². The summed E-state index contributed by atoms with van der Waals surface area (Å²) in [6, 6.07) is 11.4. The second kappa shape index (κ2) is 5.19. The van der Waals surface area contributed by atoms with Gasteiger partial charge in [-0.2, -0.15) is 10.5 Å². The van der Waals surface area contributed by atoms with Crippen molar-refractivity contribution in [3.63, 3.8) is 0 Å². The van der Waals surface area contributed by atoms with Crippen LogP contribution in [0.4, 0.5) is 0 Å². The van der Waals surface area contributed by atoms with Crippen molar-refractivity contribution in [2.24, 2.45) is 5.41 Å². The highest BCUT2D eigenvalue weighted by molar-refractivity contribution is 5.80. The predicted octanol–water partition coefficient (Wildman–Crippen LogP) is 2.73. The fourth-order valence-electron chi connectivity index (χ4n) is 2.80. The number of methoxy groups -OCH3 is 1. The van der Waals surface area contributed by atoms with Gasteiger partial charge in [0.05, 0.1) is 19.2 Å². The van der Waals surface area contributed by atoms with Crippen LogP contribution in [0.5, 0.6) is 5.75 Å². The molecule has 0 radical (unpaired) electrons. The predicted molar refractivity (Wildman–Crippen MR) is 72.8 cm³/mol. The monoisotopic (exact) mass is 266 g/mol. The topological polar surface area (TPSA) is 73.9 Å². The second-order valence-electron chi connectivity index (χ2n) is 4.93. The highest BCUT2D eigenvalue weighted by Crippen LogP contribution is 2.51. The smallest absolute Gasteiger partial charge is 0.158 e. The lowest BCUT2D eigenvalue weighted by atomic mass is 9.74. The van der Waals surface area contributed by atoms with Crippen LogP contribution in [0, 0.1) is 28.1 Å². The maximum atomic E-state index is 11.3. The SMILES string of the molecule is COc1ccc([C@@H]2C(C=O)=C(C)CC2(C#N)C#N)cc1. The van der Waals surface area contributed by atoms with E-state index in [1.165, 1.54) is 0 Å². The van der Waals surface area contributed by atoms with Gasteiger partial charge in [0.2, 0.25) is 0 Å². The Morgan fingerprint density at radius 1 is 1.30 bits per heavy atom. The molecule has 1 aliphatic carbocycles. The van der Waals surface area contributed by atoms with Crippen LogP contribution in [-0.4, -0.2) is 13.4 Å². The molecule has 1 aromatic rings. The molecule has 0 bridgehead atoms. The zero-order valence-electron chi connectivity index (χ0n) is 11.4. The van der Waals surface area contributed by atoms with Crippen molar-refractivity contribution in [2.45, 2.75) is 19.3 Å². The molecule has 0 fully saturated rings. The van der Waals surface area contributed by atoms with E-state index in [0.717, 1.165) is 17.4 Å². The van der Waals surface area contributed by atoms with E-state index in [4.69, 9.17) is 4.74 Å². The normalized spacial score (nSPS) is 20.1. The molecule has 0 saturated carbocycles. The highest BCUT2D eigenvalue weighted by atomic mass is 16.5. The number of aldehydes is 1. The Hall–Kier alpha value is -2.59. The summed E-state index contributed by atoms with van der Waals surface area (Å²) in [5.74, 6) is 0.195. The maximum Gasteiger partial charge on any atom is 0.158 e. The molecule has 0 heterocycles. The Kier molecular flexibility index (Phi) is 3.59. The molecule has 1 atom stereocenters. The number of ether oxygens (including phenoxy) is 1. The first kappa shape index (κ1) is 13.8. The van der Waals surface area contributed by atoms with Gasteiger partial charge in [-0.15, -0.1) is 0 Å². The lowest BCUT2D eigenvalue weighted by molar-refractivity contribution is -0.105. The van der Waals surface area contributed by atoms with E-state index in [1.807, 2.05) is 0 Å². The van der Waals surface area contributed by atoms with Crippen molar-refractivity contribution in [3.8, 4) is 17.9 Å². The molecule has 0 aliphatic heterocycles. The van der Waals surface area contributed by atoms with Crippen LogP contribution in [-0.2, 0) is 4.79 Å². The molecule has 4 nitrogen and oxygen atoms in total. The van der Waals surface area contributed by atoms with E-state index in [2.05, 4.69) is 12.1 Å². The van der Waals surface area contributed by atoms with E-state index in [9.17, 15) is 15.3 Å². The van der Waals surface area contributed by atoms with E-state index in [1.54, 1.807) is 38.3 Å². The van der Waals surface area contributed by atoms with Gasteiger partial charge in [0, 0.05) is 17.9 Å². The molecule has 1 aromatic carbocycles. The summed E-state index contributed by atoms with van der Waals surface area (Å²) in [5.41, 5.74) is 0.935. The minimum absolute atomic E-state index is 0.310. The van der Waals surface area contributed by atoms with E-state index in [0.29, 0.717) is 17.7 Å². The first-order valence-electron chi connectivity index (χ1n) is 6.23. The third-order valence-electron chi connectivity index (χ3n) is 3.82. The van der Waals surface area contributed by atoms with E-state index in [-0.39, 0.29) is 0 Å². The molecular weight excluding hydrogens is 252 g/mol. The summed E-state index contributed by atoms with van der Waals surface area (Å²) < 4.78 is 5.10. The number of nitrogens with zero attached hydrogens (tertiary/aromatic N) is 2. The summed E-state index contributed by atoms with van der Waals surface area (Å²) in [4.78, 5) is 11.3. The Balaban J connectivity index is 2.56. The average molecular weight is 266 g/mol. The Morgan fingerprint density at radius 2 is 1.90 bits per heavy atom. The minimum atomic E-state index is -1.20. The molecule has 0 amide bonds. The molecule has 1 aliphatic rings. The summed E-state index contributed by atoms with van der Waals surface area (Å²) in [6.45, 7) is 1.80. The van der Waals surface area contributed by atoms with Crippen LogP contribution >= 0.6 is 0 Å². The number of nitriles is 2. The summed E-state index contributed by atoms with van der Waals surface area (Å²) in [6.07, 6.45) is 1.07. The van der Waals surface area contributed by atoms with Crippen molar-refractivity contribution >= 4 is 6.29 Å². The fourth-order valence-corrected chi connectivity index (χ4v) is 2.80. The van der Waals surface area contributed by atoms with Crippen molar-refractivity contribution in [1.82, 2.24) is 0 Å². The number of carbonyl (C=O) groups excluding carboxylic acids is 1. The standard InChI is InChI=1S/C16H14N2O2/c1-11-7-16(9-17,10-18)15(14(11)8-19)12-3-5-13(20-2)6-4-12/h3-6,8,15H,7H2,1-2H3/t15-/m1/s1. The Bertz CT molecular complexity index is 631. The van der Waals surface area contributed by atoms with Gasteiger partial charge in [0.1, 0.15) is 12.0 Å². The molecule has 0 N–H and O–H groups in total. The van der Waals surface area contributed by atoms with Crippen molar-refractivity contribution in [2.75, 3.05) is 7.11 Å². The quantitative estimate of drug-likeness (QED) is 0.788. The van der Waals surface area contributed by atoms with Crippen LogP contribution < -0.4 is 4.74 Å². The summed E-state index contributed by atoms with van der Waals surface area (Å²) in [7, 11) is 1.57. The van der Waals surface area contributed by atoms with Gasteiger partial charge in [-0.25, -0.2) is 0 Å². The molecule has 2 rings (SSSR count). The van der Waals surface area contributed by atoms with Gasteiger partial charge in [-0.05, 0) is 24.6 Å². The van der Waals surface area contributed by atoms with E-state index >= 15 is 0 Å². The molecule has 4 heteroatoms. The first-order valence-corrected chi connectivity index (χ1v) is 6.23. The van der Waals surface area contributed by atoms with Crippen LogP contribution in [0.25, 0.3) is 0 Å². The molecule has 0 unspecified atom stereocenters. The summed E-state index contributed by atoms with van der Waals surface area (Å²) >= 11 is 0. The molecular formula is C16H14N2O2. The maximum absolute atomic E-state index is 11.3. The number of allylic oxidation sites excluding steroid dienone is 2. The molecule has 0 spiro atoms. The Morgan fingerprint density at radius 3 is 2.35 bits per heavy atom. The lowest BCUT2D eigenvalue weighted by Crippen LogP contribution is -2.22. The Labute approximate surface area is 117 Å². The van der Waals surface area contributed by atoms with Crippen molar-refractivity contribution < 1.29 is 9.53 Å². The van der Waals surface area contributed by atoms with Crippen molar-refractivity contribution in [1.29, 1.82) is 10.5 Å². The zero-order chi connectivity index (χ0) is 14.8. The molecule has 0 saturated heterocycles.